The molecular weight excluding hydrogens is 340 g/mol. The second-order valence-corrected chi connectivity index (χ2v) is 5.01. The fourth-order valence-corrected chi connectivity index (χ4v) is 2.80. The Labute approximate surface area is 109 Å². The summed E-state index contributed by atoms with van der Waals surface area (Å²) in [5, 5.41) is 0. The molecule has 0 aliphatic carbocycles. The van der Waals surface area contributed by atoms with Gasteiger partial charge in [-0.25, -0.2) is 9.78 Å². The number of esters is 1. The third-order valence-electron chi connectivity index (χ3n) is 2.19. The number of fused-ring (bicyclic) bond motifs is 1. The highest BCUT2D eigenvalue weighted by Crippen LogP contribution is 2.25. The number of nitrogens with zero attached hydrogens (tertiary/aromatic N) is 2. The fraction of sp³-hybridized carbons (Fsp3) is 0.200. The van der Waals surface area contributed by atoms with Gasteiger partial charge in [-0.1, -0.05) is 0 Å². The summed E-state index contributed by atoms with van der Waals surface area (Å²) in [6.07, 6.45) is 1.78. The zero-order valence-corrected chi connectivity index (χ0v) is 11.8. The molecule has 84 valence electrons. The number of hydrogen-bond acceptors (Lipinski definition) is 3. The highest BCUT2D eigenvalue weighted by Gasteiger charge is 2.18. The van der Waals surface area contributed by atoms with Gasteiger partial charge in [0, 0.05) is 10.7 Å². The van der Waals surface area contributed by atoms with Crippen LogP contribution in [0.25, 0.3) is 5.65 Å². The molecule has 4 nitrogen and oxygen atoms in total. The Morgan fingerprint density at radius 3 is 2.81 bits per heavy atom. The predicted molar refractivity (Wildman–Crippen MR) is 66.7 cm³/mol. The molecule has 2 aromatic heterocycles. The van der Waals surface area contributed by atoms with Crippen molar-refractivity contribution in [2.45, 2.75) is 6.92 Å². The van der Waals surface area contributed by atoms with E-state index in [4.69, 9.17) is 4.74 Å². The van der Waals surface area contributed by atoms with E-state index >= 15 is 0 Å². The van der Waals surface area contributed by atoms with Gasteiger partial charge in [-0.05, 0) is 44.8 Å². The number of halogens is 2. The average Bonchev–Trinajstić information content (AvgIpc) is 2.54. The standard InChI is InChI=1S/C10H8Br2N2O2/c1-5-8(10(15)16-2)14-4-6(11)3-7(12)9(14)13-5/h3-4H,1-2H3. The van der Waals surface area contributed by atoms with Gasteiger partial charge in [0.15, 0.2) is 11.3 Å². The van der Waals surface area contributed by atoms with Crippen LogP contribution in [-0.2, 0) is 4.74 Å². The predicted octanol–water partition coefficient (Wildman–Crippen LogP) is 2.95. The van der Waals surface area contributed by atoms with Gasteiger partial charge in [0.25, 0.3) is 0 Å². The van der Waals surface area contributed by atoms with Gasteiger partial charge in [0.05, 0.1) is 17.3 Å². The van der Waals surface area contributed by atoms with Crippen molar-refractivity contribution in [2.24, 2.45) is 0 Å². The first-order valence-electron chi connectivity index (χ1n) is 4.46. The van der Waals surface area contributed by atoms with Crippen LogP contribution in [0.15, 0.2) is 21.2 Å². The summed E-state index contributed by atoms with van der Waals surface area (Å²) in [4.78, 5) is 15.9. The molecule has 2 rings (SSSR count). The SMILES string of the molecule is COC(=O)c1c(C)nc2c(Br)cc(Br)cn12. The van der Waals surface area contributed by atoms with Crippen LogP contribution < -0.4 is 0 Å². The van der Waals surface area contributed by atoms with Crippen LogP contribution in [0.3, 0.4) is 0 Å². The number of aromatic nitrogens is 2. The third-order valence-corrected chi connectivity index (χ3v) is 3.21. The van der Waals surface area contributed by atoms with E-state index in [9.17, 15) is 4.79 Å². The Balaban J connectivity index is 2.83. The number of methoxy groups -OCH3 is 1. The summed E-state index contributed by atoms with van der Waals surface area (Å²) in [6.45, 7) is 1.78. The van der Waals surface area contributed by atoms with E-state index in [2.05, 4.69) is 36.8 Å². The minimum Gasteiger partial charge on any atom is -0.464 e. The molecule has 6 heteroatoms. The monoisotopic (exact) mass is 346 g/mol. The Bertz CT molecular complexity index is 578. The molecule has 0 atom stereocenters. The summed E-state index contributed by atoms with van der Waals surface area (Å²) in [5.74, 6) is -0.394. The van der Waals surface area contributed by atoms with Crippen LogP contribution in [-0.4, -0.2) is 22.5 Å². The zero-order chi connectivity index (χ0) is 11.9. The van der Waals surface area contributed by atoms with E-state index < -0.39 is 5.97 Å². The van der Waals surface area contributed by atoms with Crippen molar-refractivity contribution in [2.75, 3.05) is 7.11 Å². The van der Waals surface area contributed by atoms with Crippen molar-refractivity contribution < 1.29 is 9.53 Å². The van der Waals surface area contributed by atoms with Crippen molar-refractivity contribution in [1.82, 2.24) is 9.38 Å². The smallest absolute Gasteiger partial charge is 0.356 e. The van der Waals surface area contributed by atoms with Crippen LogP contribution in [0.4, 0.5) is 0 Å². The lowest BCUT2D eigenvalue weighted by molar-refractivity contribution is 0.0592. The molecule has 0 unspecified atom stereocenters. The number of carbonyl (C=O) groups is 1. The molecule has 0 N–H and O–H groups in total. The van der Waals surface area contributed by atoms with Crippen LogP contribution in [0.2, 0.25) is 0 Å². The van der Waals surface area contributed by atoms with E-state index in [-0.39, 0.29) is 0 Å². The number of rotatable bonds is 1. The Hall–Kier alpha value is -0.880. The lowest BCUT2D eigenvalue weighted by Gasteiger charge is -2.02. The summed E-state index contributed by atoms with van der Waals surface area (Å²) in [6, 6.07) is 1.88. The van der Waals surface area contributed by atoms with Gasteiger partial charge in [0.1, 0.15) is 0 Å². The van der Waals surface area contributed by atoms with Gasteiger partial charge in [-0.15, -0.1) is 0 Å². The largest absolute Gasteiger partial charge is 0.464 e. The average molecular weight is 348 g/mol. The highest BCUT2D eigenvalue weighted by atomic mass is 79.9. The fourth-order valence-electron chi connectivity index (χ4n) is 1.53. The Morgan fingerprint density at radius 2 is 2.19 bits per heavy atom. The number of aryl methyl sites for hydroxylation is 1. The molecule has 2 heterocycles. The Morgan fingerprint density at radius 1 is 1.50 bits per heavy atom. The molecule has 0 aliphatic heterocycles. The van der Waals surface area contributed by atoms with Crippen LogP contribution in [0, 0.1) is 6.92 Å². The minimum atomic E-state index is -0.394. The van der Waals surface area contributed by atoms with E-state index in [0.717, 1.165) is 8.95 Å². The van der Waals surface area contributed by atoms with Gasteiger partial charge < -0.3 is 4.74 Å². The molecule has 0 spiro atoms. The number of imidazole rings is 1. The lowest BCUT2D eigenvalue weighted by Crippen LogP contribution is -2.07. The summed E-state index contributed by atoms with van der Waals surface area (Å²) < 4.78 is 8.11. The molecule has 0 bridgehead atoms. The van der Waals surface area contributed by atoms with Crippen LogP contribution >= 0.6 is 31.9 Å². The summed E-state index contributed by atoms with van der Waals surface area (Å²) in [7, 11) is 1.36. The van der Waals surface area contributed by atoms with Gasteiger partial charge in [0.2, 0.25) is 0 Å². The molecule has 0 amide bonds. The molecule has 2 aromatic rings. The maximum absolute atomic E-state index is 11.6. The molecule has 0 saturated carbocycles. The number of hydrogen-bond donors (Lipinski definition) is 0. The molecular formula is C10H8Br2N2O2. The van der Waals surface area contributed by atoms with Gasteiger partial charge >= 0.3 is 5.97 Å². The highest BCUT2D eigenvalue weighted by molar-refractivity contribution is 9.11. The molecule has 0 aliphatic rings. The molecule has 16 heavy (non-hydrogen) atoms. The van der Waals surface area contributed by atoms with Crippen molar-refractivity contribution in [3.8, 4) is 0 Å². The van der Waals surface area contributed by atoms with Gasteiger partial charge in [-0.2, -0.15) is 0 Å². The second-order valence-electron chi connectivity index (χ2n) is 3.24. The van der Waals surface area contributed by atoms with E-state index in [0.29, 0.717) is 17.0 Å². The van der Waals surface area contributed by atoms with E-state index in [1.807, 2.05) is 6.07 Å². The van der Waals surface area contributed by atoms with Crippen molar-refractivity contribution in [1.29, 1.82) is 0 Å². The number of pyridine rings is 1. The molecule has 0 fully saturated rings. The Kier molecular flexibility index (Phi) is 3.03. The maximum atomic E-state index is 11.6. The summed E-state index contributed by atoms with van der Waals surface area (Å²) in [5.41, 5.74) is 1.78. The number of ether oxygens (including phenoxy) is 1. The summed E-state index contributed by atoms with van der Waals surface area (Å²) >= 11 is 6.77. The van der Waals surface area contributed by atoms with E-state index in [1.54, 1.807) is 17.5 Å². The molecule has 0 radical (unpaired) electrons. The number of carbonyl (C=O) groups excluding carboxylic acids is 1. The second kappa shape index (κ2) is 4.18. The van der Waals surface area contributed by atoms with Gasteiger partial charge in [-0.3, -0.25) is 4.40 Å². The topological polar surface area (TPSA) is 43.6 Å². The minimum absolute atomic E-state index is 0.394. The normalized spacial score (nSPS) is 10.8. The quantitative estimate of drug-likeness (QED) is 0.745. The molecule has 0 aromatic carbocycles. The van der Waals surface area contributed by atoms with Crippen molar-refractivity contribution in [3.63, 3.8) is 0 Å². The lowest BCUT2D eigenvalue weighted by atomic mass is 10.3. The zero-order valence-electron chi connectivity index (χ0n) is 8.62. The maximum Gasteiger partial charge on any atom is 0.356 e. The third kappa shape index (κ3) is 1.76. The first kappa shape index (κ1) is 11.6. The van der Waals surface area contributed by atoms with Crippen molar-refractivity contribution in [3.05, 3.63) is 32.6 Å². The van der Waals surface area contributed by atoms with Crippen LogP contribution in [0.1, 0.15) is 16.2 Å². The first-order valence-corrected chi connectivity index (χ1v) is 6.05. The van der Waals surface area contributed by atoms with Crippen LogP contribution in [0.5, 0.6) is 0 Å². The first-order chi connectivity index (χ1) is 7.54. The molecule has 0 saturated heterocycles. The van der Waals surface area contributed by atoms with E-state index in [1.165, 1.54) is 7.11 Å². The van der Waals surface area contributed by atoms with Crippen molar-refractivity contribution >= 4 is 43.5 Å².